The van der Waals surface area contributed by atoms with Crippen molar-refractivity contribution >= 4 is 17.9 Å². The number of hydrogen-bond donors (Lipinski definition) is 2. The molecule has 1 aliphatic heterocycles. The highest BCUT2D eigenvalue weighted by molar-refractivity contribution is 7.99. The average molecular weight is 286 g/mol. The highest BCUT2D eigenvalue weighted by Crippen LogP contribution is 2.33. The van der Waals surface area contributed by atoms with E-state index >= 15 is 0 Å². The first-order chi connectivity index (χ1) is 8.94. The third kappa shape index (κ3) is 5.61. The quantitative estimate of drug-likeness (QED) is 0.815. The Hall–Kier alpha value is -0.420. The molecule has 2 rings (SSSR count). The van der Waals surface area contributed by atoms with Gasteiger partial charge in [0.15, 0.2) is 0 Å². The standard InChI is InChI=1S/C14H26N2O2S/c1-14(2,3)18-13(17)15-8-12(10-4-5-10)16-11-6-7-19-9-11/h10-12,16H,4-9H2,1-3H3,(H,15,17)/t11-,12+/m1/s1. The van der Waals surface area contributed by atoms with Crippen LogP contribution in [0.5, 0.6) is 0 Å². The van der Waals surface area contributed by atoms with Crippen molar-refractivity contribution < 1.29 is 9.53 Å². The molecule has 19 heavy (non-hydrogen) atoms. The van der Waals surface area contributed by atoms with Crippen LogP contribution >= 0.6 is 11.8 Å². The van der Waals surface area contributed by atoms with Crippen LogP contribution < -0.4 is 10.6 Å². The van der Waals surface area contributed by atoms with Crippen LogP contribution in [-0.2, 0) is 4.74 Å². The summed E-state index contributed by atoms with van der Waals surface area (Å²) in [4.78, 5) is 11.7. The summed E-state index contributed by atoms with van der Waals surface area (Å²) in [7, 11) is 0. The number of ether oxygens (including phenoxy) is 1. The number of nitrogens with one attached hydrogen (secondary N) is 2. The first-order valence-electron chi connectivity index (χ1n) is 7.25. The molecule has 1 heterocycles. The number of carbonyl (C=O) groups is 1. The first-order valence-corrected chi connectivity index (χ1v) is 8.40. The Balaban J connectivity index is 1.72. The summed E-state index contributed by atoms with van der Waals surface area (Å²) in [5, 5.41) is 6.61. The molecule has 1 saturated carbocycles. The molecule has 0 spiro atoms. The Morgan fingerprint density at radius 3 is 2.63 bits per heavy atom. The van der Waals surface area contributed by atoms with Crippen molar-refractivity contribution in [2.45, 2.75) is 57.7 Å². The molecule has 4 nitrogen and oxygen atoms in total. The summed E-state index contributed by atoms with van der Waals surface area (Å²) in [6, 6.07) is 1.03. The topological polar surface area (TPSA) is 50.4 Å². The zero-order valence-electron chi connectivity index (χ0n) is 12.2. The van der Waals surface area contributed by atoms with Crippen LogP contribution in [0, 0.1) is 5.92 Å². The number of hydrogen-bond acceptors (Lipinski definition) is 4. The molecular weight excluding hydrogens is 260 g/mol. The van der Waals surface area contributed by atoms with E-state index in [9.17, 15) is 4.79 Å². The molecule has 2 N–H and O–H groups in total. The van der Waals surface area contributed by atoms with Crippen LogP contribution in [0.15, 0.2) is 0 Å². The Bertz CT molecular complexity index is 307. The molecule has 0 aromatic carbocycles. The fourth-order valence-corrected chi connectivity index (χ4v) is 3.50. The van der Waals surface area contributed by atoms with E-state index in [1.165, 1.54) is 30.8 Å². The molecule has 0 unspecified atom stereocenters. The molecule has 2 atom stereocenters. The van der Waals surface area contributed by atoms with Crippen LogP contribution in [0.4, 0.5) is 4.79 Å². The molecule has 0 aromatic heterocycles. The molecule has 0 aromatic rings. The van der Waals surface area contributed by atoms with Gasteiger partial charge in [-0.15, -0.1) is 0 Å². The van der Waals surface area contributed by atoms with Crippen LogP contribution in [0.2, 0.25) is 0 Å². The monoisotopic (exact) mass is 286 g/mol. The minimum atomic E-state index is -0.422. The van der Waals surface area contributed by atoms with Gasteiger partial charge in [0, 0.05) is 24.4 Å². The fourth-order valence-electron chi connectivity index (χ4n) is 2.34. The van der Waals surface area contributed by atoms with E-state index in [1.807, 2.05) is 32.5 Å². The third-order valence-corrected chi connectivity index (χ3v) is 4.60. The molecule has 1 saturated heterocycles. The zero-order valence-corrected chi connectivity index (χ0v) is 13.0. The number of thioether (sulfide) groups is 1. The highest BCUT2D eigenvalue weighted by Gasteiger charge is 2.33. The second-order valence-corrected chi connectivity index (χ2v) is 7.70. The number of amides is 1. The van der Waals surface area contributed by atoms with Gasteiger partial charge in [-0.05, 0) is 51.7 Å². The maximum atomic E-state index is 11.7. The third-order valence-electron chi connectivity index (χ3n) is 3.44. The van der Waals surface area contributed by atoms with Gasteiger partial charge in [-0.1, -0.05) is 0 Å². The molecule has 2 fully saturated rings. The lowest BCUT2D eigenvalue weighted by molar-refractivity contribution is 0.0520. The smallest absolute Gasteiger partial charge is 0.407 e. The summed E-state index contributed by atoms with van der Waals surface area (Å²) in [5.74, 6) is 3.20. The summed E-state index contributed by atoms with van der Waals surface area (Å²) < 4.78 is 5.28. The lowest BCUT2D eigenvalue weighted by Crippen LogP contribution is -2.47. The van der Waals surface area contributed by atoms with Crippen LogP contribution in [0.3, 0.4) is 0 Å². The fraction of sp³-hybridized carbons (Fsp3) is 0.929. The minimum Gasteiger partial charge on any atom is -0.444 e. The van der Waals surface area contributed by atoms with Crippen molar-refractivity contribution in [1.82, 2.24) is 10.6 Å². The Labute approximate surface area is 120 Å². The average Bonchev–Trinajstić information content (AvgIpc) is 3.00. The molecule has 0 radical (unpaired) electrons. The highest BCUT2D eigenvalue weighted by atomic mass is 32.2. The van der Waals surface area contributed by atoms with E-state index in [2.05, 4.69) is 10.6 Å². The second kappa shape index (κ2) is 6.35. The maximum Gasteiger partial charge on any atom is 0.407 e. The van der Waals surface area contributed by atoms with Crippen molar-refractivity contribution in [3.63, 3.8) is 0 Å². The Kier molecular flexibility index (Phi) is 5.01. The molecule has 2 aliphatic rings. The maximum absolute atomic E-state index is 11.7. The van der Waals surface area contributed by atoms with Gasteiger partial charge in [0.05, 0.1) is 0 Å². The second-order valence-electron chi connectivity index (χ2n) is 6.55. The largest absolute Gasteiger partial charge is 0.444 e. The summed E-state index contributed by atoms with van der Waals surface area (Å²) in [5.41, 5.74) is -0.422. The van der Waals surface area contributed by atoms with Gasteiger partial charge in [0.1, 0.15) is 5.60 Å². The predicted molar refractivity (Wildman–Crippen MR) is 79.6 cm³/mol. The lowest BCUT2D eigenvalue weighted by atomic mass is 10.1. The van der Waals surface area contributed by atoms with Gasteiger partial charge in [0.25, 0.3) is 0 Å². The number of rotatable bonds is 5. The van der Waals surface area contributed by atoms with Gasteiger partial charge in [-0.2, -0.15) is 11.8 Å². The van der Waals surface area contributed by atoms with Crippen molar-refractivity contribution in [2.75, 3.05) is 18.1 Å². The first kappa shape index (κ1) is 15.0. The van der Waals surface area contributed by atoms with Crippen LogP contribution in [-0.4, -0.2) is 41.8 Å². The Morgan fingerprint density at radius 1 is 1.37 bits per heavy atom. The number of carbonyl (C=O) groups excluding carboxylic acids is 1. The molecule has 0 bridgehead atoms. The van der Waals surface area contributed by atoms with E-state index in [1.54, 1.807) is 0 Å². The summed E-state index contributed by atoms with van der Waals surface area (Å²) >= 11 is 2.01. The van der Waals surface area contributed by atoms with Gasteiger partial charge in [-0.25, -0.2) is 4.79 Å². The van der Waals surface area contributed by atoms with Crippen molar-refractivity contribution in [3.8, 4) is 0 Å². The van der Waals surface area contributed by atoms with E-state index in [0.717, 1.165) is 5.92 Å². The van der Waals surface area contributed by atoms with Crippen LogP contribution in [0.1, 0.15) is 40.0 Å². The summed E-state index contributed by atoms with van der Waals surface area (Å²) in [6.45, 7) is 6.34. The Morgan fingerprint density at radius 2 is 2.11 bits per heavy atom. The summed E-state index contributed by atoms with van der Waals surface area (Å²) in [6.07, 6.45) is 3.52. The van der Waals surface area contributed by atoms with Crippen molar-refractivity contribution in [3.05, 3.63) is 0 Å². The molecular formula is C14H26N2O2S. The number of alkyl carbamates (subject to hydrolysis) is 1. The normalized spacial score (nSPS) is 25.1. The van der Waals surface area contributed by atoms with Gasteiger partial charge < -0.3 is 15.4 Å². The zero-order chi connectivity index (χ0) is 13.9. The SMILES string of the molecule is CC(C)(C)OC(=O)NC[C@H](N[C@@H]1CCSC1)C1CC1. The minimum absolute atomic E-state index is 0.305. The van der Waals surface area contributed by atoms with Gasteiger partial charge in [0.2, 0.25) is 0 Å². The van der Waals surface area contributed by atoms with Crippen molar-refractivity contribution in [2.24, 2.45) is 5.92 Å². The van der Waals surface area contributed by atoms with Crippen molar-refractivity contribution in [1.29, 1.82) is 0 Å². The van der Waals surface area contributed by atoms with Crippen LogP contribution in [0.25, 0.3) is 0 Å². The van der Waals surface area contributed by atoms with E-state index in [-0.39, 0.29) is 6.09 Å². The molecule has 1 amide bonds. The van der Waals surface area contributed by atoms with E-state index in [4.69, 9.17) is 4.74 Å². The van der Waals surface area contributed by atoms with Gasteiger partial charge in [-0.3, -0.25) is 0 Å². The van der Waals surface area contributed by atoms with E-state index in [0.29, 0.717) is 18.6 Å². The molecule has 5 heteroatoms. The van der Waals surface area contributed by atoms with Gasteiger partial charge >= 0.3 is 6.09 Å². The van der Waals surface area contributed by atoms with E-state index < -0.39 is 5.60 Å². The lowest BCUT2D eigenvalue weighted by Gasteiger charge is -2.24. The predicted octanol–water partition coefficient (Wildman–Crippen LogP) is 2.38. The molecule has 1 aliphatic carbocycles. The molecule has 110 valence electrons.